The van der Waals surface area contributed by atoms with Crippen LogP contribution in [0.5, 0.6) is 5.75 Å². The number of halogens is 1. The van der Waals surface area contributed by atoms with Crippen LogP contribution in [0, 0.1) is 13.8 Å². The summed E-state index contributed by atoms with van der Waals surface area (Å²) in [6.45, 7) is 6.66. The number of Topliss-reactive ketones (excluding diaryl/α,β-unsaturated/α-hetero) is 1. The fraction of sp³-hybridized carbons (Fsp3) is 0.316. The van der Waals surface area contributed by atoms with Crippen molar-refractivity contribution < 1.29 is 23.9 Å². The van der Waals surface area contributed by atoms with E-state index < -0.39 is 11.9 Å². The lowest BCUT2D eigenvalue weighted by Crippen LogP contribution is -2.21. The monoisotopic (exact) mass is 453 g/mol. The molecule has 144 valence electrons. The molecule has 0 aliphatic carbocycles. The maximum absolute atomic E-state index is 12.3. The number of thiophene rings is 1. The quantitative estimate of drug-likeness (QED) is 0.491. The molecule has 27 heavy (non-hydrogen) atoms. The van der Waals surface area contributed by atoms with Crippen molar-refractivity contribution in [3.8, 4) is 5.75 Å². The lowest BCUT2D eigenvalue weighted by molar-refractivity contribution is -0.118. The minimum atomic E-state index is -0.571. The summed E-state index contributed by atoms with van der Waals surface area (Å²) in [4.78, 5) is 36.7. The third-order valence-corrected chi connectivity index (χ3v) is 5.90. The van der Waals surface area contributed by atoms with E-state index in [4.69, 9.17) is 9.47 Å². The van der Waals surface area contributed by atoms with E-state index in [1.807, 2.05) is 19.1 Å². The Morgan fingerprint density at radius 3 is 2.52 bits per heavy atom. The first kappa shape index (κ1) is 21.1. The van der Waals surface area contributed by atoms with E-state index >= 15 is 0 Å². The normalized spacial score (nSPS) is 10.4. The minimum absolute atomic E-state index is 0.176. The van der Waals surface area contributed by atoms with Gasteiger partial charge in [-0.3, -0.25) is 9.59 Å². The van der Waals surface area contributed by atoms with Crippen molar-refractivity contribution in [3.05, 3.63) is 44.2 Å². The molecule has 0 fully saturated rings. The highest BCUT2D eigenvalue weighted by atomic mass is 79.9. The molecule has 0 aliphatic heterocycles. The molecule has 1 N–H and O–H groups in total. The van der Waals surface area contributed by atoms with Gasteiger partial charge in [0.1, 0.15) is 10.8 Å². The second kappa shape index (κ2) is 9.14. The first-order chi connectivity index (χ1) is 12.7. The van der Waals surface area contributed by atoms with E-state index in [9.17, 15) is 14.4 Å². The van der Waals surface area contributed by atoms with E-state index in [0.717, 1.165) is 21.4 Å². The summed E-state index contributed by atoms with van der Waals surface area (Å²) in [7, 11) is 0. The number of carbonyl (C=O) groups is 3. The van der Waals surface area contributed by atoms with Gasteiger partial charge in [-0.05, 0) is 57.0 Å². The Labute approximate surface area is 170 Å². The zero-order chi connectivity index (χ0) is 20.1. The Morgan fingerprint density at radius 1 is 1.22 bits per heavy atom. The molecule has 8 heteroatoms. The minimum Gasteiger partial charge on any atom is -0.484 e. The summed E-state index contributed by atoms with van der Waals surface area (Å²) in [6.07, 6.45) is 0. The van der Waals surface area contributed by atoms with Crippen LogP contribution in [0.2, 0.25) is 0 Å². The molecule has 0 aliphatic rings. The van der Waals surface area contributed by atoms with Crippen molar-refractivity contribution >= 4 is 49.9 Å². The van der Waals surface area contributed by atoms with Crippen molar-refractivity contribution in [2.75, 3.05) is 18.5 Å². The van der Waals surface area contributed by atoms with Crippen LogP contribution in [0.15, 0.2) is 22.7 Å². The number of hydrogen-bond donors (Lipinski definition) is 1. The van der Waals surface area contributed by atoms with Crippen molar-refractivity contribution in [2.45, 2.75) is 27.7 Å². The molecule has 0 unspecified atom stereocenters. The van der Waals surface area contributed by atoms with Gasteiger partial charge in [-0.2, -0.15) is 0 Å². The van der Waals surface area contributed by atoms with Gasteiger partial charge in [0.25, 0.3) is 5.91 Å². The second-order valence-corrected chi connectivity index (χ2v) is 7.66. The van der Waals surface area contributed by atoms with E-state index in [0.29, 0.717) is 16.2 Å². The number of anilines is 1. The zero-order valence-corrected chi connectivity index (χ0v) is 17.9. The molecule has 0 saturated carbocycles. The predicted molar refractivity (Wildman–Crippen MR) is 108 cm³/mol. The Kier molecular flexibility index (Phi) is 7.15. The molecule has 0 saturated heterocycles. The molecule has 0 radical (unpaired) electrons. The number of carbonyl (C=O) groups excluding carboxylic acids is 3. The van der Waals surface area contributed by atoms with Gasteiger partial charge in [0.05, 0.1) is 17.0 Å². The molecule has 1 amide bonds. The number of hydrogen-bond acceptors (Lipinski definition) is 6. The summed E-state index contributed by atoms with van der Waals surface area (Å²) in [5, 5.41) is 2.94. The van der Waals surface area contributed by atoms with Crippen LogP contribution < -0.4 is 10.1 Å². The molecule has 1 aromatic heterocycles. The SMILES string of the molecule is CCOC(=O)c1c(NC(=O)COc2ccc(Br)c(C)c2)sc(C(C)=O)c1C. The number of benzene rings is 1. The van der Waals surface area contributed by atoms with E-state index in [2.05, 4.69) is 21.2 Å². The van der Waals surface area contributed by atoms with Gasteiger partial charge in [0.2, 0.25) is 0 Å². The highest BCUT2D eigenvalue weighted by Crippen LogP contribution is 2.34. The lowest BCUT2D eigenvalue weighted by atomic mass is 10.1. The number of esters is 1. The Hall–Kier alpha value is -2.19. The fourth-order valence-corrected chi connectivity index (χ4v) is 3.76. The third kappa shape index (κ3) is 5.17. The molecule has 2 aromatic rings. The molecule has 1 aromatic carbocycles. The van der Waals surface area contributed by atoms with Gasteiger partial charge >= 0.3 is 5.97 Å². The average Bonchev–Trinajstić information content (AvgIpc) is 2.92. The van der Waals surface area contributed by atoms with Crippen LogP contribution >= 0.6 is 27.3 Å². The van der Waals surface area contributed by atoms with Gasteiger partial charge in [-0.25, -0.2) is 4.79 Å². The zero-order valence-electron chi connectivity index (χ0n) is 15.5. The summed E-state index contributed by atoms with van der Waals surface area (Å²) in [5.74, 6) is -0.621. The van der Waals surface area contributed by atoms with Crippen LogP contribution in [0.1, 0.15) is 45.0 Å². The highest BCUT2D eigenvalue weighted by molar-refractivity contribution is 9.10. The standard InChI is InChI=1S/C19H20BrNO5S/c1-5-25-19(24)16-11(3)17(12(4)22)27-18(16)21-15(23)9-26-13-6-7-14(20)10(2)8-13/h6-8H,5,9H2,1-4H3,(H,21,23). The smallest absolute Gasteiger partial charge is 0.341 e. The molecule has 2 rings (SSSR count). The van der Waals surface area contributed by atoms with Crippen molar-refractivity contribution in [3.63, 3.8) is 0 Å². The van der Waals surface area contributed by atoms with Crippen molar-refractivity contribution in [2.24, 2.45) is 0 Å². The van der Waals surface area contributed by atoms with Gasteiger partial charge in [-0.15, -0.1) is 11.3 Å². The number of nitrogens with one attached hydrogen (secondary N) is 1. The number of amides is 1. The summed E-state index contributed by atoms with van der Waals surface area (Å²) >= 11 is 4.46. The molecule has 0 bridgehead atoms. The molecule has 0 spiro atoms. The van der Waals surface area contributed by atoms with Crippen LogP contribution in [-0.4, -0.2) is 30.9 Å². The number of ether oxygens (including phenoxy) is 2. The highest BCUT2D eigenvalue weighted by Gasteiger charge is 2.25. The Morgan fingerprint density at radius 2 is 1.93 bits per heavy atom. The number of rotatable bonds is 7. The van der Waals surface area contributed by atoms with Crippen LogP contribution in [0.4, 0.5) is 5.00 Å². The summed E-state index contributed by atoms with van der Waals surface area (Å²) < 4.78 is 11.5. The maximum atomic E-state index is 12.3. The maximum Gasteiger partial charge on any atom is 0.341 e. The fourth-order valence-electron chi connectivity index (χ4n) is 2.41. The molecular weight excluding hydrogens is 434 g/mol. The molecule has 6 nitrogen and oxygen atoms in total. The molecule has 1 heterocycles. The van der Waals surface area contributed by atoms with E-state index in [-0.39, 0.29) is 29.6 Å². The summed E-state index contributed by atoms with van der Waals surface area (Å²) in [5.41, 5.74) is 1.70. The lowest BCUT2D eigenvalue weighted by Gasteiger charge is -2.09. The van der Waals surface area contributed by atoms with Crippen LogP contribution in [0.3, 0.4) is 0 Å². The van der Waals surface area contributed by atoms with Crippen LogP contribution in [-0.2, 0) is 9.53 Å². The predicted octanol–water partition coefficient (Wildman–Crippen LogP) is 4.52. The topological polar surface area (TPSA) is 81.7 Å². The Balaban J connectivity index is 2.16. The van der Waals surface area contributed by atoms with Gasteiger partial charge < -0.3 is 14.8 Å². The number of aryl methyl sites for hydroxylation is 1. The van der Waals surface area contributed by atoms with Gasteiger partial charge in [0, 0.05) is 4.47 Å². The number of ketones is 1. The molecule has 0 atom stereocenters. The summed E-state index contributed by atoms with van der Waals surface area (Å²) in [6, 6.07) is 5.39. The van der Waals surface area contributed by atoms with Crippen molar-refractivity contribution in [1.82, 2.24) is 0 Å². The average molecular weight is 454 g/mol. The Bertz CT molecular complexity index is 890. The second-order valence-electron chi connectivity index (χ2n) is 5.78. The van der Waals surface area contributed by atoms with Crippen LogP contribution in [0.25, 0.3) is 0 Å². The first-order valence-corrected chi connectivity index (χ1v) is 9.85. The molecular formula is C19H20BrNO5S. The third-order valence-electron chi connectivity index (χ3n) is 3.70. The van der Waals surface area contributed by atoms with Crippen molar-refractivity contribution in [1.29, 1.82) is 0 Å². The van der Waals surface area contributed by atoms with Gasteiger partial charge in [-0.1, -0.05) is 15.9 Å². The van der Waals surface area contributed by atoms with E-state index in [1.165, 1.54) is 6.92 Å². The largest absolute Gasteiger partial charge is 0.484 e. The first-order valence-electron chi connectivity index (χ1n) is 8.24. The van der Waals surface area contributed by atoms with Gasteiger partial charge in [0.15, 0.2) is 12.4 Å². The van der Waals surface area contributed by atoms with E-state index in [1.54, 1.807) is 19.9 Å².